The van der Waals surface area contributed by atoms with Crippen molar-refractivity contribution >= 4 is 5.91 Å². The minimum atomic E-state index is 0.0818. The van der Waals surface area contributed by atoms with Crippen molar-refractivity contribution in [2.45, 2.75) is 52.6 Å². The van der Waals surface area contributed by atoms with Crippen LogP contribution in [0.25, 0.3) is 0 Å². The van der Waals surface area contributed by atoms with E-state index >= 15 is 0 Å². The first-order chi connectivity index (χ1) is 8.41. The van der Waals surface area contributed by atoms with Gasteiger partial charge in [0.2, 0.25) is 5.91 Å². The van der Waals surface area contributed by atoms with Gasteiger partial charge in [0, 0.05) is 37.3 Å². The van der Waals surface area contributed by atoms with Crippen LogP contribution in [0.4, 0.5) is 0 Å². The van der Waals surface area contributed by atoms with Crippen molar-refractivity contribution in [3.05, 3.63) is 17.0 Å². The van der Waals surface area contributed by atoms with Crippen LogP contribution in [0.5, 0.6) is 0 Å². The summed E-state index contributed by atoms with van der Waals surface area (Å²) in [5.41, 5.74) is 8.83. The van der Waals surface area contributed by atoms with Gasteiger partial charge in [-0.15, -0.1) is 0 Å². The minimum Gasteiger partial charge on any atom is -0.352 e. The summed E-state index contributed by atoms with van der Waals surface area (Å²) in [5.74, 6) is 0.0818. The van der Waals surface area contributed by atoms with E-state index in [9.17, 15) is 4.79 Å². The van der Waals surface area contributed by atoms with Gasteiger partial charge in [-0.1, -0.05) is 0 Å². The number of amides is 1. The second-order valence-electron chi connectivity index (χ2n) is 4.92. The van der Waals surface area contributed by atoms with Gasteiger partial charge in [0.15, 0.2) is 0 Å². The maximum Gasteiger partial charge on any atom is 0.220 e. The third kappa shape index (κ3) is 4.14. The van der Waals surface area contributed by atoms with E-state index in [2.05, 4.69) is 10.4 Å². The lowest BCUT2D eigenvalue weighted by Gasteiger charge is -2.07. The number of carbonyl (C=O) groups is 1. The van der Waals surface area contributed by atoms with Crippen LogP contribution in [0.3, 0.4) is 0 Å². The molecule has 0 fully saturated rings. The summed E-state index contributed by atoms with van der Waals surface area (Å²) in [6.45, 7) is 6.49. The van der Waals surface area contributed by atoms with E-state index in [1.807, 2.05) is 32.5 Å². The molecular formula is C13H24N4O. The number of aryl methyl sites for hydroxylation is 2. The molecule has 102 valence electrons. The Bertz CT molecular complexity index is 409. The number of nitrogens with two attached hydrogens (primary N) is 1. The Balaban J connectivity index is 2.38. The number of hydrogen-bond acceptors (Lipinski definition) is 3. The summed E-state index contributed by atoms with van der Waals surface area (Å²) in [7, 11) is 1.91. The average molecular weight is 252 g/mol. The Morgan fingerprint density at radius 2 is 2.17 bits per heavy atom. The first-order valence-electron chi connectivity index (χ1n) is 6.43. The highest BCUT2D eigenvalue weighted by Gasteiger charge is 2.10. The summed E-state index contributed by atoms with van der Waals surface area (Å²) in [6, 6.07) is 0.167. The van der Waals surface area contributed by atoms with Gasteiger partial charge in [-0.25, -0.2) is 0 Å². The molecule has 0 aromatic carbocycles. The third-order valence-corrected chi connectivity index (χ3v) is 3.18. The fourth-order valence-corrected chi connectivity index (χ4v) is 1.93. The predicted octanol–water partition coefficient (Wildman–Crippen LogP) is 1.17. The Kier molecular flexibility index (Phi) is 5.34. The molecule has 0 bridgehead atoms. The van der Waals surface area contributed by atoms with Gasteiger partial charge in [-0.05, 0) is 33.6 Å². The van der Waals surface area contributed by atoms with Crippen LogP contribution >= 0.6 is 0 Å². The molecule has 5 heteroatoms. The van der Waals surface area contributed by atoms with Crippen LogP contribution < -0.4 is 11.1 Å². The lowest BCUT2D eigenvalue weighted by molar-refractivity contribution is -0.121. The van der Waals surface area contributed by atoms with Crippen LogP contribution in [-0.2, 0) is 18.4 Å². The molecular weight excluding hydrogens is 228 g/mol. The van der Waals surface area contributed by atoms with E-state index in [0.29, 0.717) is 13.0 Å². The summed E-state index contributed by atoms with van der Waals surface area (Å²) in [5, 5.41) is 7.26. The minimum absolute atomic E-state index is 0.0818. The van der Waals surface area contributed by atoms with Gasteiger partial charge in [-0.3, -0.25) is 9.48 Å². The number of nitrogens with zero attached hydrogens (tertiary/aromatic N) is 2. The topological polar surface area (TPSA) is 72.9 Å². The molecule has 0 radical (unpaired) electrons. The Morgan fingerprint density at radius 3 is 2.67 bits per heavy atom. The van der Waals surface area contributed by atoms with Crippen molar-refractivity contribution in [1.82, 2.24) is 15.1 Å². The zero-order valence-corrected chi connectivity index (χ0v) is 11.8. The molecule has 0 saturated heterocycles. The normalized spacial score (nSPS) is 12.5. The highest BCUT2D eigenvalue weighted by molar-refractivity contribution is 5.75. The predicted molar refractivity (Wildman–Crippen MR) is 72.0 cm³/mol. The second-order valence-corrected chi connectivity index (χ2v) is 4.92. The fourth-order valence-electron chi connectivity index (χ4n) is 1.93. The van der Waals surface area contributed by atoms with Gasteiger partial charge < -0.3 is 11.1 Å². The maximum atomic E-state index is 11.6. The van der Waals surface area contributed by atoms with E-state index in [1.165, 1.54) is 0 Å². The Labute approximate surface area is 109 Å². The monoisotopic (exact) mass is 252 g/mol. The van der Waals surface area contributed by atoms with Gasteiger partial charge in [0.1, 0.15) is 0 Å². The SMILES string of the molecule is Cc1nn(C)c(C)c1CNC(=O)CCCC(C)N. The highest BCUT2D eigenvalue weighted by Crippen LogP contribution is 2.11. The molecule has 1 aromatic heterocycles. The molecule has 1 heterocycles. The van der Waals surface area contributed by atoms with Crippen molar-refractivity contribution in [2.75, 3.05) is 0 Å². The zero-order chi connectivity index (χ0) is 13.7. The van der Waals surface area contributed by atoms with Crippen LogP contribution in [-0.4, -0.2) is 21.7 Å². The van der Waals surface area contributed by atoms with E-state index in [4.69, 9.17) is 5.73 Å². The molecule has 1 amide bonds. The fraction of sp³-hybridized carbons (Fsp3) is 0.692. The number of carbonyl (C=O) groups excluding carboxylic acids is 1. The first kappa shape index (κ1) is 14.7. The van der Waals surface area contributed by atoms with Gasteiger partial charge >= 0.3 is 0 Å². The lowest BCUT2D eigenvalue weighted by Crippen LogP contribution is -2.24. The average Bonchev–Trinajstić information content (AvgIpc) is 2.50. The molecule has 0 saturated carbocycles. The molecule has 0 aliphatic heterocycles. The molecule has 18 heavy (non-hydrogen) atoms. The summed E-state index contributed by atoms with van der Waals surface area (Å²) in [6.07, 6.45) is 2.27. The van der Waals surface area contributed by atoms with Gasteiger partial charge in [0.05, 0.1) is 5.69 Å². The lowest BCUT2D eigenvalue weighted by atomic mass is 10.1. The van der Waals surface area contributed by atoms with Crippen molar-refractivity contribution in [1.29, 1.82) is 0 Å². The van der Waals surface area contributed by atoms with Crippen molar-refractivity contribution in [3.63, 3.8) is 0 Å². The molecule has 5 nitrogen and oxygen atoms in total. The second kappa shape index (κ2) is 6.54. The third-order valence-electron chi connectivity index (χ3n) is 3.18. The summed E-state index contributed by atoms with van der Waals surface area (Å²) >= 11 is 0. The highest BCUT2D eigenvalue weighted by atomic mass is 16.1. The van der Waals surface area contributed by atoms with Crippen LogP contribution in [0.15, 0.2) is 0 Å². The molecule has 1 aromatic rings. The standard InChI is InChI=1S/C13H24N4O/c1-9(14)6-5-7-13(18)15-8-12-10(2)16-17(4)11(12)3/h9H,5-8,14H2,1-4H3,(H,15,18). The van der Waals surface area contributed by atoms with Crippen molar-refractivity contribution in [3.8, 4) is 0 Å². The van der Waals surface area contributed by atoms with E-state index in [0.717, 1.165) is 29.8 Å². The molecule has 1 unspecified atom stereocenters. The summed E-state index contributed by atoms with van der Waals surface area (Å²) < 4.78 is 1.84. The van der Waals surface area contributed by atoms with Crippen molar-refractivity contribution in [2.24, 2.45) is 12.8 Å². The van der Waals surface area contributed by atoms with E-state index in [-0.39, 0.29) is 11.9 Å². The summed E-state index contributed by atoms with van der Waals surface area (Å²) in [4.78, 5) is 11.6. The Morgan fingerprint density at radius 1 is 1.50 bits per heavy atom. The largest absolute Gasteiger partial charge is 0.352 e. The van der Waals surface area contributed by atoms with Crippen LogP contribution in [0.2, 0.25) is 0 Å². The number of rotatable bonds is 6. The van der Waals surface area contributed by atoms with Crippen LogP contribution in [0, 0.1) is 13.8 Å². The quantitative estimate of drug-likeness (QED) is 0.798. The molecule has 1 atom stereocenters. The first-order valence-corrected chi connectivity index (χ1v) is 6.43. The molecule has 0 aliphatic carbocycles. The molecule has 0 aliphatic rings. The number of aromatic nitrogens is 2. The Hall–Kier alpha value is -1.36. The molecule has 0 spiro atoms. The van der Waals surface area contributed by atoms with Gasteiger partial charge in [0.25, 0.3) is 0 Å². The smallest absolute Gasteiger partial charge is 0.220 e. The zero-order valence-electron chi connectivity index (χ0n) is 11.8. The molecule has 1 rings (SSSR count). The van der Waals surface area contributed by atoms with Crippen molar-refractivity contribution < 1.29 is 4.79 Å². The molecule has 3 N–H and O–H groups in total. The van der Waals surface area contributed by atoms with Crippen LogP contribution in [0.1, 0.15) is 43.1 Å². The number of nitrogens with one attached hydrogen (secondary N) is 1. The van der Waals surface area contributed by atoms with E-state index in [1.54, 1.807) is 0 Å². The van der Waals surface area contributed by atoms with Gasteiger partial charge in [-0.2, -0.15) is 5.10 Å². The maximum absolute atomic E-state index is 11.6. The van der Waals surface area contributed by atoms with E-state index < -0.39 is 0 Å². The number of hydrogen-bond donors (Lipinski definition) is 2.